The van der Waals surface area contributed by atoms with Crippen LogP contribution >= 0.6 is 0 Å². The Morgan fingerprint density at radius 1 is 1.42 bits per heavy atom. The molecule has 0 aromatic carbocycles. The Hall–Kier alpha value is -1.85. The number of hydrogen-bond donors (Lipinski definition) is 1. The van der Waals surface area contributed by atoms with Gasteiger partial charge in [0.15, 0.2) is 0 Å². The van der Waals surface area contributed by atoms with Crippen LogP contribution in [0.3, 0.4) is 0 Å². The smallest absolute Gasteiger partial charge is 0.407 e. The van der Waals surface area contributed by atoms with E-state index in [1.165, 1.54) is 0 Å². The van der Waals surface area contributed by atoms with Crippen molar-refractivity contribution in [2.45, 2.75) is 66.0 Å². The number of alkyl carbamates (subject to hydrolysis) is 1. The predicted octanol–water partition coefficient (Wildman–Crippen LogP) is 3.22. The zero-order valence-electron chi connectivity index (χ0n) is 15.7. The van der Waals surface area contributed by atoms with Gasteiger partial charge in [0.1, 0.15) is 11.4 Å². The van der Waals surface area contributed by atoms with E-state index in [2.05, 4.69) is 20.2 Å². The number of hydrogen-bond acceptors (Lipinski definition) is 5. The van der Waals surface area contributed by atoms with Crippen molar-refractivity contribution >= 4 is 11.9 Å². The second-order valence-corrected chi connectivity index (χ2v) is 7.70. The molecule has 0 bridgehead atoms. The van der Waals surface area contributed by atoms with Gasteiger partial charge >= 0.3 is 6.09 Å². The fraction of sp³-hybridized carbons (Fsp3) is 0.722. The Kier molecular flexibility index (Phi) is 5.67. The topological polar surface area (TPSA) is 67.4 Å². The number of carbonyl (C=O) groups excluding carboxylic acids is 1. The third-order valence-corrected chi connectivity index (χ3v) is 4.26. The van der Waals surface area contributed by atoms with Crippen LogP contribution < -0.4 is 10.2 Å². The summed E-state index contributed by atoms with van der Waals surface area (Å²) in [6.07, 6.45) is 3.62. The summed E-state index contributed by atoms with van der Waals surface area (Å²) in [6.45, 7) is 13.5. The van der Waals surface area contributed by atoms with E-state index in [9.17, 15) is 4.79 Å². The summed E-state index contributed by atoms with van der Waals surface area (Å²) < 4.78 is 5.36. The second kappa shape index (κ2) is 7.36. The quantitative estimate of drug-likeness (QED) is 0.919. The molecule has 0 aliphatic carbocycles. The van der Waals surface area contributed by atoms with Crippen LogP contribution in [-0.4, -0.2) is 40.8 Å². The molecule has 2 unspecified atom stereocenters. The molecular formula is C18H30N4O2. The molecule has 1 amide bonds. The van der Waals surface area contributed by atoms with E-state index in [1.807, 2.05) is 41.5 Å². The first-order valence-electron chi connectivity index (χ1n) is 8.70. The van der Waals surface area contributed by atoms with Crippen molar-refractivity contribution in [3.63, 3.8) is 0 Å². The zero-order chi connectivity index (χ0) is 17.9. The Morgan fingerprint density at radius 3 is 2.79 bits per heavy atom. The Labute approximate surface area is 145 Å². The fourth-order valence-electron chi connectivity index (χ4n) is 3.05. The zero-order valence-corrected chi connectivity index (χ0v) is 15.7. The average molecular weight is 334 g/mol. The van der Waals surface area contributed by atoms with E-state index < -0.39 is 5.60 Å². The van der Waals surface area contributed by atoms with E-state index in [1.54, 1.807) is 6.20 Å². The molecule has 1 aromatic rings. The highest BCUT2D eigenvalue weighted by Crippen LogP contribution is 2.25. The maximum absolute atomic E-state index is 12.0. The first-order valence-corrected chi connectivity index (χ1v) is 8.70. The van der Waals surface area contributed by atoms with Gasteiger partial charge in [0.05, 0.1) is 11.4 Å². The van der Waals surface area contributed by atoms with Gasteiger partial charge < -0.3 is 15.0 Å². The molecule has 1 fully saturated rings. The summed E-state index contributed by atoms with van der Waals surface area (Å²) in [5, 5.41) is 2.98. The minimum Gasteiger partial charge on any atom is -0.444 e. The van der Waals surface area contributed by atoms with Crippen molar-refractivity contribution in [1.82, 2.24) is 15.3 Å². The maximum atomic E-state index is 12.0. The molecule has 134 valence electrons. The molecule has 0 spiro atoms. The Morgan fingerprint density at radius 2 is 2.12 bits per heavy atom. The number of rotatable bonds is 3. The summed E-state index contributed by atoms with van der Waals surface area (Å²) in [6, 6.07) is 0.0562. The highest BCUT2D eigenvalue weighted by molar-refractivity contribution is 5.68. The number of ether oxygens (including phenoxy) is 1. The van der Waals surface area contributed by atoms with Crippen LogP contribution in [0.1, 0.15) is 51.9 Å². The van der Waals surface area contributed by atoms with Gasteiger partial charge in [0, 0.05) is 25.3 Å². The van der Waals surface area contributed by atoms with E-state index in [-0.39, 0.29) is 12.1 Å². The summed E-state index contributed by atoms with van der Waals surface area (Å²) in [5.41, 5.74) is 1.41. The van der Waals surface area contributed by atoms with Crippen molar-refractivity contribution in [2.24, 2.45) is 5.92 Å². The van der Waals surface area contributed by atoms with Gasteiger partial charge in [-0.25, -0.2) is 9.78 Å². The number of amides is 1. The molecule has 6 nitrogen and oxygen atoms in total. The van der Waals surface area contributed by atoms with E-state index in [0.29, 0.717) is 5.92 Å². The lowest BCUT2D eigenvalue weighted by Crippen LogP contribution is -2.47. The van der Waals surface area contributed by atoms with E-state index in [0.717, 1.165) is 43.1 Å². The van der Waals surface area contributed by atoms with Gasteiger partial charge in [-0.1, -0.05) is 0 Å². The third-order valence-electron chi connectivity index (χ3n) is 4.26. The Balaban J connectivity index is 1.99. The maximum Gasteiger partial charge on any atom is 0.407 e. The summed E-state index contributed by atoms with van der Waals surface area (Å²) in [5.74, 6) is 1.33. The number of aryl methyl sites for hydroxylation is 2. The minimum absolute atomic E-state index is 0.0562. The number of nitrogens with zero attached hydrogens (tertiary/aromatic N) is 3. The summed E-state index contributed by atoms with van der Waals surface area (Å²) in [7, 11) is 0. The normalized spacial score (nSPS) is 19.8. The van der Waals surface area contributed by atoms with E-state index in [4.69, 9.17) is 4.74 Å². The fourth-order valence-corrected chi connectivity index (χ4v) is 3.05. The van der Waals surface area contributed by atoms with Crippen molar-refractivity contribution < 1.29 is 9.53 Å². The molecule has 1 aliphatic rings. The SMILES string of the molecule is Cc1cnc(C)c(N2CCCC(C(C)NC(=O)OC(C)(C)C)C2)n1. The molecule has 2 rings (SSSR count). The Bertz CT molecular complexity index is 583. The molecule has 1 aromatic heterocycles. The molecule has 2 heterocycles. The predicted molar refractivity (Wildman–Crippen MR) is 95.3 cm³/mol. The summed E-state index contributed by atoms with van der Waals surface area (Å²) >= 11 is 0. The second-order valence-electron chi connectivity index (χ2n) is 7.70. The molecule has 1 N–H and O–H groups in total. The largest absolute Gasteiger partial charge is 0.444 e. The van der Waals surface area contributed by atoms with Crippen LogP contribution in [0, 0.1) is 19.8 Å². The molecule has 24 heavy (non-hydrogen) atoms. The van der Waals surface area contributed by atoms with Gasteiger partial charge in [-0.2, -0.15) is 0 Å². The van der Waals surface area contributed by atoms with Gasteiger partial charge in [0.25, 0.3) is 0 Å². The highest BCUT2D eigenvalue weighted by atomic mass is 16.6. The lowest BCUT2D eigenvalue weighted by atomic mass is 9.91. The minimum atomic E-state index is -0.476. The third kappa shape index (κ3) is 5.08. The van der Waals surface area contributed by atoms with Gasteiger partial charge in [-0.05, 0) is 60.3 Å². The van der Waals surface area contributed by atoms with Crippen LogP contribution in [0.25, 0.3) is 0 Å². The monoisotopic (exact) mass is 334 g/mol. The lowest BCUT2D eigenvalue weighted by molar-refractivity contribution is 0.0489. The van der Waals surface area contributed by atoms with Crippen LogP contribution in [0.2, 0.25) is 0 Å². The van der Waals surface area contributed by atoms with Crippen molar-refractivity contribution in [3.05, 3.63) is 17.6 Å². The standard InChI is InChI=1S/C18H30N4O2/c1-12-10-19-14(3)16(20-12)22-9-7-8-15(11-22)13(2)21-17(23)24-18(4,5)6/h10,13,15H,7-9,11H2,1-6H3,(H,21,23). The van der Waals surface area contributed by atoms with Crippen LogP contribution in [-0.2, 0) is 4.74 Å². The number of nitrogens with one attached hydrogen (secondary N) is 1. The van der Waals surface area contributed by atoms with Crippen molar-refractivity contribution in [1.29, 1.82) is 0 Å². The lowest BCUT2D eigenvalue weighted by Gasteiger charge is -2.37. The van der Waals surface area contributed by atoms with Crippen LogP contribution in [0.5, 0.6) is 0 Å². The first kappa shape index (κ1) is 18.5. The molecular weight excluding hydrogens is 304 g/mol. The van der Waals surface area contributed by atoms with Gasteiger partial charge in [-0.3, -0.25) is 4.98 Å². The number of carbonyl (C=O) groups is 1. The van der Waals surface area contributed by atoms with Crippen molar-refractivity contribution in [2.75, 3.05) is 18.0 Å². The van der Waals surface area contributed by atoms with Gasteiger partial charge in [0.2, 0.25) is 0 Å². The van der Waals surface area contributed by atoms with Gasteiger partial charge in [-0.15, -0.1) is 0 Å². The molecule has 1 saturated heterocycles. The first-order chi connectivity index (χ1) is 11.2. The molecule has 6 heteroatoms. The molecule has 2 atom stereocenters. The van der Waals surface area contributed by atoms with Crippen LogP contribution in [0.4, 0.5) is 10.6 Å². The summed E-state index contributed by atoms with van der Waals surface area (Å²) in [4.78, 5) is 23.4. The molecule has 0 saturated carbocycles. The average Bonchev–Trinajstić information content (AvgIpc) is 2.48. The van der Waals surface area contributed by atoms with E-state index >= 15 is 0 Å². The van der Waals surface area contributed by atoms with Crippen molar-refractivity contribution in [3.8, 4) is 0 Å². The highest BCUT2D eigenvalue weighted by Gasteiger charge is 2.28. The number of aromatic nitrogens is 2. The van der Waals surface area contributed by atoms with Crippen LogP contribution in [0.15, 0.2) is 6.20 Å². The number of anilines is 1. The number of piperidine rings is 1. The molecule has 0 radical (unpaired) electrons. The molecule has 1 aliphatic heterocycles.